The lowest BCUT2D eigenvalue weighted by atomic mass is 10.1. The maximum absolute atomic E-state index is 13.1. The van der Waals surface area contributed by atoms with E-state index in [1.165, 1.54) is 12.1 Å². The minimum atomic E-state index is -3.38. The van der Waals surface area contributed by atoms with Crippen LogP contribution in [0.4, 0.5) is 5.69 Å². The fraction of sp³-hybridized carbons (Fsp3) is 0.136. The van der Waals surface area contributed by atoms with Crippen LogP contribution in [0.5, 0.6) is 0 Å². The third-order valence-corrected chi connectivity index (χ3v) is 6.49. The Balaban J connectivity index is 1.77. The summed E-state index contributed by atoms with van der Waals surface area (Å²) in [5.41, 5.74) is 2.95. The van der Waals surface area contributed by atoms with Crippen LogP contribution < -0.4 is 5.32 Å². The summed E-state index contributed by atoms with van der Waals surface area (Å²) >= 11 is 0. The summed E-state index contributed by atoms with van der Waals surface area (Å²) in [6.07, 6.45) is 0. The third kappa shape index (κ3) is 3.69. The summed E-state index contributed by atoms with van der Waals surface area (Å²) < 4.78 is 29.6. The van der Waals surface area contributed by atoms with Crippen LogP contribution >= 0.6 is 0 Å². The Labute approximate surface area is 173 Å². The van der Waals surface area contributed by atoms with Crippen LogP contribution in [0, 0.1) is 6.92 Å². The summed E-state index contributed by atoms with van der Waals surface area (Å²) in [4.78, 5) is 17.8. The van der Waals surface area contributed by atoms with Gasteiger partial charge < -0.3 is 9.84 Å². The van der Waals surface area contributed by atoms with Gasteiger partial charge in [-0.05, 0) is 31.2 Å². The quantitative estimate of drug-likeness (QED) is 0.517. The van der Waals surface area contributed by atoms with Crippen LogP contribution in [0.15, 0.2) is 70.1 Å². The molecule has 2 aromatic carbocycles. The van der Waals surface area contributed by atoms with Gasteiger partial charge in [-0.15, -0.1) is 0 Å². The average Bonchev–Trinajstić information content (AvgIpc) is 3.14. The Morgan fingerprint density at radius 2 is 1.83 bits per heavy atom. The van der Waals surface area contributed by atoms with Gasteiger partial charge in [0.2, 0.25) is 0 Å². The number of fused-ring (bicyclic) bond motifs is 1. The van der Waals surface area contributed by atoms with Crippen molar-refractivity contribution in [2.75, 3.05) is 11.1 Å². The maximum Gasteiger partial charge on any atom is 0.259 e. The van der Waals surface area contributed by atoms with Gasteiger partial charge in [0.15, 0.2) is 9.84 Å². The van der Waals surface area contributed by atoms with Crippen LogP contribution in [0.3, 0.4) is 0 Å². The molecule has 0 aliphatic rings. The van der Waals surface area contributed by atoms with E-state index in [1.807, 2.05) is 30.3 Å². The number of nitrogens with one attached hydrogen (secondary N) is 1. The third-order valence-electron chi connectivity index (χ3n) is 4.76. The number of aromatic nitrogens is 2. The molecule has 2 heterocycles. The molecule has 2 aromatic heterocycles. The summed E-state index contributed by atoms with van der Waals surface area (Å²) in [5, 5.41) is 7.24. The highest BCUT2D eigenvalue weighted by molar-refractivity contribution is 7.91. The minimum Gasteiger partial charge on any atom is -0.335 e. The van der Waals surface area contributed by atoms with E-state index in [-0.39, 0.29) is 16.4 Å². The van der Waals surface area contributed by atoms with Crippen LogP contribution in [0.25, 0.3) is 22.4 Å². The molecular weight excluding hydrogens is 402 g/mol. The van der Waals surface area contributed by atoms with Gasteiger partial charge in [-0.1, -0.05) is 48.5 Å². The number of amides is 1. The van der Waals surface area contributed by atoms with E-state index < -0.39 is 15.7 Å². The minimum absolute atomic E-state index is 0.0182. The molecule has 0 fully saturated rings. The molecule has 4 aromatic rings. The molecule has 7 nitrogen and oxygen atoms in total. The number of hydrogen-bond acceptors (Lipinski definition) is 6. The second-order valence-electron chi connectivity index (χ2n) is 6.75. The molecule has 0 radical (unpaired) electrons. The van der Waals surface area contributed by atoms with E-state index in [0.29, 0.717) is 28.0 Å². The van der Waals surface area contributed by atoms with E-state index >= 15 is 0 Å². The number of hydrogen-bond donors (Lipinski definition) is 1. The first kappa shape index (κ1) is 19.8. The number of anilines is 1. The van der Waals surface area contributed by atoms with Crippen LogP contribution in [0.2, 0.25) is 0 Å². The molecular formula is C22H19N3O4S. The molecule has 152 valence electrons. The standard InChI is InChI=1S/C22H19N3O4S/c1-3-30(27,28)17-11-7-10-16(12-17)23-21(26)18-13-19(15-8-5-4-6-9-15)24-22-20(18)14(2)25-29-22/h4-13H,3H2,1-2H3,(H,23,26). The number of pyridine rings is 1. The number of aryl methyl sites for hydroxylation is 1. The van der Waals surface area contributed by atoms with Gasteiger partial charge in [-0.3, -0.25) is 4.79 Å². The number of nitrogens with zero attached hydrogens (tertiary/aromatic N) is 2. The lowest BCUT2D eigenvalue weighted by molar-refractivity contribution is 0.102. The number of sulfone groups is 1. The molecule has 1 amide bonds. The van der Waals surface area contributed by atoms with E-state index in [2.05, 4.69) is 15.5 Å². The van der Waals surface area contributed by atoms with Gasteiger partial charge in [-0.2, -0.15) is 0 Å². The molecule has 0 spiro atoms. The highest BCUT2D eigenvalue weighted by atomic mass is 32.2. The zero-order chi connectivity index (χ0) is 21.3. The first-order valence-corrected chi connectivity index (χ1v) is 11.0. The number of rotatable bonds is 5. The summed E-state index contributed by atoms with van der Waals surface area (Å²) in [5.74, 6) is -0.424. The Bertz CT molecular complexity index is 1350. The smallest absolute Gasteiger partial charge is 0.259 e. The van der Waals surface area contributed by atoms with E-state index in [0.717, 1.165) is 5.56 Å². The Hall–Kier alpha value is -3.52. The van der Waals surface area contributed by atoms with Crippen molar-refractivity contribution < 1.29 is 17.7 Å². The first-order valence-electron chi connectivity index (χ1n) is 9.35. The Morgan fingerprint density at radius 3 is 2.57 bits per heavy atom. The molecule has 0 atom stereocenters. The molecule has 0 unspecified atom stereocenters. The van der Waals surface area contributed by atoms with E-state index in [1.54, 1.807) is 32.0 Å². The van der Waals surface area contributed by atoms with Crippen LogP contribution in [0.1, 0.15) is 23.0 Å². The van der Waals surface area contributed by atoms with Gasteiger partial charge in [-0.25, -0.2) is 13.4 Å². The second-order valence-corrected chi connectivity index (χ2v) is 9.03. The van der Waals surface area contributed by atoms with Crippen molar-refractivity contribution in [3.63, 3.8) is 0 Å². The SMILES string of the molecule is CCS(=O)(=O)c1cccc(NC(=O)c2cc(-c3ccccc3)nc3onc(C)c23)c1. The van der Waals surface area contributed by atoms with Crippen molar-refractivity contribution in [1.29, 1.82) is 0 Å². The number of carbonyl (C=O) groups is 1. The monoisotopic (exact) mass is 421 g/mol. The number of benzene rings is 2. The van der Waals surface area contributed by atoms with Crippen molar-refractivity contribution in [2.24, 2.45) is 0 Å². The average molecular weight is 421 g/mol. The van der Waals surface area contributed by atoms with Crippen molar-refractivity contribution >= 4 is 32.5 Å². The molecule has 0 aliphatic carbocycles. The predicted molar refractivity (Wildman–Crippen MR) is 114 cm³/mol. The van der Waals surface area contributed by atoms with E-state index in [9.17, 15) is 13.2 Å². The van der Waals surface area contributed by atoms with Gasteiger partial charge in [0.05, 0.1) is 33.0 Å². The van der Waals surface area contributed by atoms with Gasteiger partial charge >= 0.3 is 0 Å². The van der Waals surface area contributed by atoms with E-state index in [4.69, 9.17) is 4.52 Å². The lowest BCUT2D eigenvalue weighted by Gasteiger charge is -2.10. The molecule has 8 heteroatoms. The molecule has 0 aliphatic heterocycles. The normalized spacial score (nSPS) is 11.5. The summed E-state index contributed by atoms with van der Waals surface area (Å²) in [6.45, 7) is 3.31. The fourth-order valence-electron chi connectivity index (χ4n) is 3.16. The largest absolute Gasteiger partial charge is 0.335 e. The predicted octanol–water partition coefficient (Wildman–Crippen LogP) is 4.24. The Morgan fingerprint density at radius 1 is 1.07 bits per heavy atom. The molecule has 30 heavy (non-hydrogen) atoms. The lowest BCUT2D eigenvalue weighted by Crippen LogP contribution is -2.14. The van der Waals surface area contributed by atoms with Crippen molar-refractivity contribution in [3.05, 3.63) is 71.9 Å². The summed E-state index contributed by atoms with van der Waals surface area (Å²) in [6, 6.07) is 17.3. The highest BCUT2D eigenvalue weighted by Crippen LogP contribution is 2.28. The van der Waals surface area contributed by atoms with Crippen molar-refractivity contribution in [1.82, 2.24) is 10.1 Å². The highest BCUT2D eigenvalue weighted by Gasteiger charge is 2.20. The van der Waals surface area contributed by atoms with Crippen molar-refractivity contribution in [3.8, 4) is 11.3 Å². The van der Waals surface area contributed by atoms with Crippen LogP contribution in [-0.4, -0.2) is 30.2 Å². The second kappa shape index (κ2) is 7.72. The Kier molecular flexibility index (Phi) is 5.09. The molecule has 1 N–H and O–H groups in total. The molecule has 0 saturated heterocycles. The molecule has 0 saturated carbocycles. The zero-order valence-electron chi connectivity index (χ0n) is 16.4. The molecule has 4 rings (SSSR count). The van der Waals surface area contributed by atoms with Gasteiger partial charge in [0.25, 0.3) is 11.6 Å². The van der Waals surface area contributed by atoms with Crippen LogP contribution in [-0.2, 0) is 9.84 Å². The zero-order valence-corrected chi connectivity index (χ0v) is 17.2. The fourth-order valence-corrected chi connectivity index (χ4v) is 4.09. The number of carbonyl (C=O) groups excluding carboxylic acids is 1. The first-order chi connectivity index (χ1) is 14.4. The summed E-state index contributed by atoms with van der Waals surface area (Å²) in [7, 11) is -3.38. The topological polar surface area (TPSA) is 102 Å². The van der Waals surface area contributed by atoms with Gasteiger partial charge in [0.1, 0.15) is 0 Å². The van der Waals surface area contributed by atoms with Gasteiger partial charge in [0, 0.05) is 11.3 Å². The maximum atomic E-state index is 13.1. The van der Waals surface area contributed by atoms with Crippen molar-refractivity contribution in [2.45, 2.75) is 18.7 Å². The molecule has 0 bridgehead atoms.